The van der Waals surface area contributed by atoms with E-state index in [2.05, 4.69) is 26.2 Å². The zero-order chi connectivity index (χ0) is 8.39. The summed E-state index contributed by atoms with van der Waals surface area (Å²) in [5.41, 5.74) is 0. The minimum absolute atomic E-state index is 0.298. The first-order valence-corrected chi connectivity index (χ1v) is 4.63. The molecule has 1 aliphatic rings. The van der Waals surface area contributed by atoms with Crippen LogP contribution in [0.4, 0.5) is 0 Å². The summed E-state index contributed by atoms with van der Waals surface area (Å²) in [5, 5.41) is 3.13. The van der Waals surface area contributed by atoms with Crippen LogP contribution in [0.1, 0.15) is 0 Å². The van der Waals surface area contributed by atoms with Crippen molar-refractivity contribution in [3.63, 3.8) is 0 Å². The molecule has 0 unspecified atom stereocenters. The van der Waals surface area contributed by atoms with Crippen LogP contribution in [0.2, 0.25) is 0 Å². The zero-order valence-electron chi connectivity index (χ0n) is 6.46. The number of pyridine rings is 1. The van der Waals surface area contributed by atoms with Gasteiger partial charge in [0.25, 0.3) is 0 Å². The van der Waals surface area contributed by atoms with Crippen LogP contribution in [-0.2, 0) is 0 Å². The normalized spacial score (nSPS) is 17.1. The first-order valence-electron chi connectivity index (χ1n) is 3.83. The average molecular weight is 229 g/mol. The van der Waals surface area contributed by atoms with Crippen LogP contribution < -0.4 is 10.1 Å². The van der Waals surface area contributed by atoms with Gasteiger partial charge in [0.05, 0.1) is 0 Å². The lowest BCUT2D eigenvalue weighted by atomic mass is 10.2. The average Bonchev–Trinajstić information content (AvgIpc) is 1.97. The smallest absolute Gasteiger partial charge is 0.214 e. The Labute approximate surface area is 79.3 Å². The number of hydrogen-bond acceptors (Lipinski definition) is 3. The van der Waals surface area contributed by atoms with Crippen LogP contribution in [0, 0.1) is 0 Å². The van der Waals surface area contributed by atoms with Gasteiger partial charge in [-0.25, -0.2) is 4.98 Å². The Balaban J connectivity index is 2.02. The van der Waals surface area contributed by atoms with Crippen molar-refractivity contribution in [2.75, 3.05) is 13.1 Å². The van der Waals surface area contributed by atoms with Gasteiger partial charge in [0.1, 0.15) is 6.10 Å². The number of rotatable bonds is 2. The quantitative estimate of drug-likeness (QED) is 0.827. The number of nitrogens with zero attached hydrogens (tertiary/aromatic N) is 1. The fourth-order valence-electron chi connectivity index (χ4n) is 0.966. The zero-order valence-corrected chi connectivity index (χ0v) is 8.04. The van der Waals surface area contributed by atoms with E-state index in [1.165, 1.54) is 0 Å². The summed E-state index contributed by atoms with van der Waals surface area (Å²) in [6.45, 7) is 1.85. The highest BCUT2D eigenvalue weighted by Crippen LogP contribution is 2.16. The number of halogens is 1. The summed E-state index contributed by atoms with van der Waals surface area (Å²) < 4.78 is 6.53. The molecule has 1 aliphatic heterocycles. The third kappa shape index (κ3) is 1.76. The standard InChI is InChI=1S/C8H9BrN2O/c9-6-1-2-11-8(3-6)12-7-4-10-5-7/h1-3,7,10H,4-5H2. The van der Waals surface area contributed by atoms with Crippen molar-refractivity contribution in [3.05, 3.63) is 22.8 Å². The van der Waals surface area contributed by atoms with Crippen LogP contribution in [-0.4, -0.2) is 24.2 Å². The second-order valence-electron chi connectivity index (χ2n) is 2.71. The van der Waals surface area contributed by atoms with Gasteiger partial charge in [-0.1, -0.05) is 15.9 Å². The number of hydrogen-bond donors (Lipinski definition) is 1. The number of aromatic nitrogens is 1. The third-order valence-electron chi connectivity index (χ3n) is 1.73. The van der Waals surface area contributed by atoms with Crippen molar-refractivity contribution in [2.24, 2.45) is 0 Å². The molecule has 0 radical (unpaired) electrons. The molecule has 0 atom stereocenters. The minimum atomic E-state index is 0.298. The molecule has 0 spiro atoms. The van der Waals surface area contributed by atoms with Gasteiger partial charge in [0, 0.05) is 29.8 Å². The van der Waals surface area contributed by atoms with Gasteiger partial charge in [-0.3, -0.25) is 0 Å². The molecule has 1 aromatic heterocycles. The maximum atomic E-state index is 5.53. The monoisotopic (exact) mass is 228 g/mol. The van der Waals surface area contributed by atoms with Gasteiger partial charge < -0.3 is 10.1 Å². The number of nitrogens with one attached hydrogen (secondary N) is 1. The van der Waals surface area contributed by atoms with E-state index in [4.69, 9.17) is 4.74 Å². The molecule has 1 fully saturated rings. The minimum Gasteiger partial charge on any atom is -0.472 e. The Morgan fingerprint density at radius 1 is 1.58 bits per heavy atom. The molecular weight excluding hydrogens is 220 g/mol. The maximum Gasteiger partial charge on any atom is 0.214 e. The topological polar surface area (TPSA) is 34.1 Å². The highest BCUT2D eigenvalue weighted by molar-refractivity contribution is 9.10. The second kappa shape index (κ2) is 3.41. The Hall–Kier alpha value is -0.610. The van der Waals surface area contributed by atoms with E-state index < -0.39 is 0 Å². The molecule has 0 aliphatic carbocycles. The van der Waals surface area contributed by atoms with Crippen LogP contribution in [0.3, 0.4) is 0 Å². The first-order chi connectivity index (χ1) is 5.84. The Morgan fingerprint density at radius 3 is 3.00 bits per heavy atom. The Kier molecular flexibility index (Phi) is 2.28. The van der Waals surface area contributed by atoms with Gasteiger partial charge in [0.2, 0.25) is 5.88 Å². The Bertz CT molecular complexity index is 276. The fraction of sp³-hybridized carbons (Fsp3) is 0.375. The van der Waals surface area contributed by atoms with Crippen molar-refractivity contribution < 1.29 is 4.74 Å². The summed E-state index contributed by atoms with van der Waals surface area (Å²) in [6, 6.07) is 3.75. The molecule has 3 nitrogen and oxygen atoms in total. The Morgan fingerprint density at radius 2 is 2.42 bits per heavy atom. The van der Waals surface area contributed by atoms with E-state index in [0.717, 1.165) is 17.6 Å². The maximum absolute atomic E-state index is 5.53. The third-order valence-corrected chi connectivity index (χ3v) is 2.22. The highest BCUT2D eigenvalue weighted by atomic mass is 79.9. The molecule has 0 saturated carbocycles. The van der Waals surface area contributed by atoms with Gasteiger partial charge in [0.15, 0.2) is 0 Å². The molecule has 0 bridgehead atoms. The van der Waals surface area contributed by atoms with E-state index in [9.17, 15) is 0 Å². The van der Waals surface area contributed by atoms with Crippen LogP contribution in [0.15, 0.2) is 22.8 Å². The number of ether oxygens (including phenoxy) is 1. The second-order valence-corrected chi connectivity index (χ2v) is 3.63. The van der Waals surface area contributed by atoms with Crippen molar-refractivity contribution in [1.82, 2.24) is 10.3 Å². The lowest BCUT2D eigenvalue weighted by Crippen LogP contribution is -2.50. The van der Waals surface area contributed by atoms with E-state index >= 15 is 0 Å². The highest BCUT2D eigenvalue weighted by Gasteiger charge is 2.18. The molecule has 0 amide bonds. The molecule has 1 N–H and O–H groups in total. The van der Waals surface area contributed by atoms with Crippen LogP contribution >= 0.6 is 15.9 Å². The lowest BCUT2D eigenvalue weighted by Gasteiger charge is -2.27. The van der Waals surface area contributed by atoms with E-state index in [1.54, 1.807) is 6.20 Å². The largest absolute Gasteiger partial charge is 0.472 e. The van der Waals surface area contributed by atoms with Crippen LogP contribution in [0.5, 0.6) is 5.88 Å². The van der Waals surface area contributed by atoms with Gasteiger partial charge in [-0.05, 0) is 6.07 Å². The van der Waals surface area contributed by atoms with E-state index in [1.807, 2.05) is 12.1 Å². The van der Waals surface area contributed by atoms with Gasteiger partial charge in [-0.2, -0.15) is 0 Å². The summed E-state index contributed by atoms with van der Waals surface area (Å²) in [6.07, 6.45) is 2.03. The molecule has 0 aromatic carbocycles. The molecule has 2 rings (SSSR count). The van der Waals surface area contributed by atoms with Crippen molar-refractivity contribution >= 4 is 15.9 Å². The van der Waals surface area contributed by atoms with Crippen molar-refractivity contribution in [2.45, 2.75) is 6.10 Å². The summed E-state index contributed by atoms with van der Waals surface area (Å²) in [5.74, 6) is 0.691. The lowest BCUT2D eigenvalue weighted by molar-refractivity contribution is 0.136. The van der Waals surface area contributed by atoms with Gasteiger partial charge >= 0.3 is 0 Å². The van der Waals surface area contributed by atoms with Crippen molar-refractivity contribution in [1.29, 1.82) is 0 Å². The SMILES string of the molecule is Brc1ccnc(OC2CNC2)c1. The molecule has 1 saturated heterocycles. The van der Waals surface area contributed by atoms with Crippen molar-refractivity contribution in [3.8, 4) is 5.88 Å². The predicted molar refractivity (Wildman–Crippen MR) is 49.2 cm³/mol. The molecule has 2 heterocycles. The summed E-state index contributed by atoms with van der Waals surface area (Å²) in [4.78, 5) is 4.08. The van der Waals surface area contributed by atoms with Crippen LogP contribution in [0.25, 0.3) is 0 Å². The fourth-order valence-corrected chi connectivity index (χ4v) is 1.28. The molecule has 1 aromatic rings. The van der Waals surface area contributed by atoms with Gasteiger partial charge in [-0.15, -0.1) is 0 Å². The molecular formula is C8H9BrN2O. The predicted octanol–water partition coefficient (Wildman–Crippen LogP) is 1.19. The van der Waals surface area contributed by atoms with E-state index in [0.29, 0.717) is 12.0 Å². The molecule has 12 heavy (non-hydrogen) atoms. The van der Waals surface area contributed by atoms with E-state index in [-0.39, 0.29) is 0 Å². The molecule has 64 valence electrons. The summed E-state index contributed by atoms with van der Waals surface area (Å²) >= 11 is 3.36. The molecule has 4 heteroatoms. The first kappa shape index (κ1) is 8.01. The summed E-state index contributed by atoms with van der Waals surface area (Å²) in [7, 11) is 0.